The van der Waals surface area contributed by atoms with E-state index in [1.807, 2.05) is 54.7 Å². The van der Waals surface area contributed by atoms with Gasteiger partial charge in [-0.3, -0.25) is 4.79 Å². The third kappa shape index (κ3) is 5.68. The zero-order valence-corrected chi connectivity index (χ0v) is 15.6. The predicted octanol–water partition coefficient (Wildman–Crippen LogP) is 4.68. The fourth-order valence-electron chi connectivity index (χ4n) is 2.94. The van der Waals surface area contributed by atoms with Crippen LogP contribution in [0.4, 0.5) is 11.5 Å². The molecule has 3 aromatic rings. The van der Waals surface area contributed by atoms with E-state index in [4.69, 9.17) is 0 Å². The maximum atomic E-state index is 12.1. The Bertz CT molecular complexity index is 833. The van der Waals surface area contributed by atoms with Crippen LogP contribution in [0, 0.1) is 0 Å². The minimum Gasteiger partial charge on any atom is -0.366 e. The van der Waals surface area contributed by atoms with Gasteiger partial charge in [-0.15, -0.1) is 0 Å². The lowest BCUT2D eigenvalue weighted by Crippen LogP contribution is -2.22. The number of carbonyl (C=O) groups is 1. The maximum Gasteiger partial charge on any atom is 0.225 e. The molecule has 4 nitrogen and oxygen atoms in total. The van der Waals surface area contributed by atoms with Crippen molar-refractivity contribution in [2.24, 2.45) is 0 Å². The standard InChI is InChI=1S/C23H25N3O/c1-2-26(18-20-11-7-4-8-12-20)21-14-15-22(24-17-21)25-23(27)16-13-19-9-5-3-6-10-19/h3-12,14-15,17H,2,13,16,18H2,1H3,(H,24,25,27). The van der Waals surface area contributed by atoms with Gasteiger partial charge in [0, 0.05) is 19.5 Å². The number of aryl methyl sites for hydroxylation is 1. The minimum absolute atomic E-state index is 0.0178. The summed E-state index contributed by atoms with van der Waals surface area (Å²) in [6, 6.07) is 24.3. The summed E-state index contributed by atoms with van der Waals surface area (Å²) >= 11 is 0. The molecule has 2 aromatic carbocycles. The number of hydrogen-bond acceptors (Lipinski definition) is 3. The molecule has 0 saturated heterocycles. The molecule has 0 fully saturated rings. The van der Waals surface area contributed by atoms with E-state index >= 15 is 0 Å². The van der Waals surface area contributed by atoms with Gasteiger partial charge in [0.25, 0.3) is 0 Å². The van der Waals surface area contributed by atoms with Gasteiger partial charge in [-0.1, -0.05) is 60.7 Å². The number of amides is 1. The van der Waals surface area contributed by atoms with Crippen molar-refractivity contribution in [2.45, 2.75) is 26.3 Å². The Morgan fingerprint density at radius 3 is 2.19 bits per heavy atom. The largest absolute Gasteiger partial charge is 0.366 e. The summed E-state index contributed by atoms with van der Waals surface area (Å²) in [5.74, 6) is 0.573. The quantitative estimate of drug-likeness (QED) is 0.635. The molecule has 3 rings (SSSR count). The second-order valence-electron chi connectivity index (χ2n) is 6.44. The molecule has 0 aliphatic heterocycles. The van der Waals surface area contributed by atoms with Gasteiger partial charge in [-0.2, -0.15) is 0 Å². The molecule has 138 valence electrons. The lowest BCUT2D eigenvalue weighted by Gasteiger charge is -2.23. The fraction of sp³-hybridized carbons (Fsp3) is 0.217. The van der Waals surface area contributed by atoms with Gasteiger partial charge in [0.1, 0.15) is 5.82 Å². The van der Waals surface area contributed by atoms with Crippen LogP contribution in [-0.2, 0) is 17.8 Å². The normalized spacial score (nSPS) is 10.4. The highest BCUT2D eigenvalue weighted by atomic mass is 16.1. The Kier molecular flexibility index (Phi) is 6.58. The minimum atomic E-state index is -0.0178. The van der Waals surface area contributed by atoms with Crippen LogP contribution in [0.15, 0.2) is 79.0 Å². The number of nitrogens with zero attached hydrogens (tertiary/aromatic N) is 2. The van der Waals surface area contributed by atoms with Crippen molar-refractivity contribution >= 4 is 17.4 Å². The molecule has 0 unspecified atom stereocenters. The molecule has 0 aliphatic rings. The summed E-state index contributed by atoms with van der Waals surface area (Å²) in [5, 5.41) is 2.88. The molecule has 1 amide bonds. The molecule has 0 saturated carbocycles. The topological polar surface area (TPSA) is 45.2 Å². The van der Waals surface area contributed by atoms with E-state index in [-0.39, 0.29) is 5.91 Å². The monoisotopic (exact) mass is 359 g/mol. The van der Waals surface area contributed by atoms with Crippen molar-refractivity contribution in [2.75, 3.05) is 16.8 Å². The molecule has 1 N–H and O–H groups in total. The summed E-state index contributed by atoms with van der Waals surface area (Å²) in [6.45, 7) is 3.85. The van der Waals surface area contributed by atoms with Crippen LogP contribution < -0.4 is 10.2 Å². The third-order valence-corrected chi connectivity index (χ3v) is 4.46. The van der Waals surface area contributed by atoms with Crippen LogP contribution in [0.2, 0.25) is 0 Å². The number of nitrogens with one attached hydrogen (secondary N) is 1. The number of pyridine rings is 1. The van der Waals surface area contributed by atoms with E-state index in [0.29, 0.717) is 12.2 Å². The number of benzene rings is 2. The predicted molar refractivity (Wildman–Crippen MR) is 111 cm³/mol. The SMILES string of the molecule is CCN(Cc1ccccc1)c1ccc(NC(=O)CCc2ccccc2)nc1. The average Bonchev–Trinajstić information content (AvgIpc) is 2.73. The summed E-state index contributed by atoms with van der Waals surface area (Å²) in [5.41, 5.74) is 3.47. The van der Waals surface area contributed by atoms with Gasteiger partial charge in [0.2, 0.25) is 5.91 Å². The molecule has 4 heteroatoms. The van der Waals surface area contributed by atoms with Crippen molar-refractivity contribution in [3.05, 3.63) is 90.1 Å². The number of rotatable bonds is 8. The molecule has 0 radical (unpaired) electrons. The molecule has 0 atom stereocenters. The maximum absolute atomic E-state index is 12.1. The first-order valence-corrected chi connectivity index (χ1v) is 9.33. The van der Waals surface area contributed by atoms with E-state index in [1.165, 1.54) is 5.56 Å². The molecule has 0 aliphatic carbocycles. The Morgan fingerprint density at radius 1 is 0.926 bits per heavy atom. The van der Waals surface area contributed by atoms with E-state index in [0.717, 1.165) is 30.8 Å². The zero-order chi connectivity index (χ0) is 18.9. The van der Waals surface area contributed by atoms with Gasteiger partial charge in [-0.25, -0.2) is 4.98 Å². The smallest absolute Gasteiger partial charge is 0.225 e. The number of carbonyl (C=O) groups excluding carboxylic acids is 1. The second kappa shape index (κ2) is 9.53. The summed E-state index contributed by atoms with van der Waals surface area (Å²) in [4.78, 5) is 18.8. The molecule has 27 heavy (non-hydrogen) atoms. The van der Waals surface area contributed by atoms with Gasteiger partial charge in [-0.05, 0) is 36.6 Å². The number of hydrogen-bond donors (Lipinski definition) is 1. The number of aromatic nitrogens is 1. The summed E-state index contributed by atoms with van der Waals surface area (Å²) in [6.07, 6.45) is 2.99. The molecular weight excluding hydrogens is 334 g/mol. The van der Waals surface area contributed by atoms with E-state index < -0.39 is 0 Å². The Balaban J connectivity index is 1.55. The molecule has 1 heterocycles. The second-order valence-corrected chi connectivity index (χ2v) is 6.44. The highest BCUT2D eigenvalue weighted by Gasteiger charge is 2.08. The van der Waals surface area contributed by atoms with Crippen LogP contribution in [0.5, 0.6) is 0 Å². The van der Waals surface area contributed by atoms with E-state index in [9.17, 15) is 4.79 Å². The van der Waals surface area contributed by atoms with Crippen molar-refractivity contribution in [1.82, 2.24) is 4.98 Å². The molecular formula is C23H25N3O. The van der Waals surface area contributed by atoms with Crippen molar-refractivity contribution < 1.29 is 4.79 Å². The lowest BCUT2D eigenvalue weighted by atomic mass is 10.1. The highest BCUT2D eigenvalue weighted by Crippen LogP contribution is 2.18. The van der Waals surface area contributed by atoms with Gasteiger partial charge in [0.15, 0.2) is 0 Å². The van der Waals surface area contributed by atoms with Crippen molar-refractivity contribution in [3.8, 4) is 0 Å². The zero-order valence-electron chi connectivity index (χ0n) is 15.6. The summed E-state index contributed by atoms with van der Waals surface area (Å²) in [7, 11) is 0. The Labute approximate surface area is 160 Å². The van der Waals surface area contributed by atoms with Gasteiger partial charge < -0.3 is 10.2 Å². The Hall–Kier alpha value is -3.14. The van der Waals surface area contributed by atoms with Crippen LogP contribution in [0.3, 0.4) is 0 Å². The van der Waals surface area contributed by atoms with Gasteiger partial charge in [0.05, 0.1) is 11.9 Å². The average molecular weight is 359 g/mol. The van der Waals surface area contributed by atoms with E-state index in [1.54, 1.807) is 0 Å². The lowest BCUT2D eigenvalue weighted by molar-refractivity contribution is -0.116. The summed E-state index contributed by atoms with van der Waals surface area (Å²) < 4.78 is 0. The molecule has 0 spiro atoms. The van der Waals surface area contributed by atoms with E-state index in [2.05, 4.69) is 46.4 Å². The van der Waals surface area contributed by atoms with Gasteiger partial charge >= 0.3 is 0 Å². The number of anilines is 2. The first kappa shape index (κ1) is 18.6. The first-order chi connectivity index (χ1) is 13.2. The van der Waals surface area contributed by atoms with Crippen LogP contribution in [0.1, 0.15) is 24.5 Å². The molecule has 1 aromatic heterocycles. The Morgan fingerprint density at radius 2 is 1.59 bits per heavy atom. The third-order valence-electron chi connectivity index (χ3n) is 4.46. The van der Waals surface area contributed by atoms with Crippen LogP contribution in [0.25, 0.3) is 0 Å². The van der Waals surface area contributed by atoms with Crippen LogP contribution >= 0.6 is 0 Å². The first-order valence-electron chi connectivity index (χ1n) is 9.33. The van der Waals surface area contributed by atoms with Crippen LogP contribution in [-0.4, -0.2) is 17.4 Å². The molecule has 0 bridgehead atoms. The van der Waals surface area contributed by atoms with Crippen molar-refractivity contribution in [1.29, 1.82) is 0 Å². The highest BCUT2D eigenvalue weighted by molar-refractivity contribution is 5.89. The fourth-order valence-corrected chi connectivity index (χ4v) is 2.94. The van der Waals surface area contributed by atoms with Crippen molar-refractivity contribution in [3.63, 3.8) is 0 Å².